The molecule has 0 saturated carbocycles. The first kappa shape index (κ1) is 24.7. The van der Waals surface area contributed by atoms with Crippen LogP contribution < -0.4 is 5.73 Å². The van der Waals surface area contributed by atoms with Crippen molar-refractivity contribution in [2.75, 3.05) is 32.9 Å². The lowest BCUT2D eigenvalue weighted by Crippen LogP contribution is -2.33. The van der Waals surface area contributed by atoms with Crippen LogP contribution >= 0.6 is 0 Å². The first-order valence-corrected chi connectivity index (χ1v) is 12.7. The Morgan fingerprint density at radius 1 is 1.08 bits per heavy atom. The van der Waals surface area contributed by atoms with Gasteiger partial charge in [0.15, 0.2) is 6.29 Å². The molecule has 1 amide bonds. The molecular formula is C30H33N5O2. The summed E-state index contributed by atoms with van der Waals surface area (Å²) < 4.78 is 2.17. The molecule has 190 valence electrons. The van der Waals surface area contributed by atoms with Gasteiger partial charge < -0.3 is 15.2 Å². The molecule has 7 heteroatoms. The SMILES string of the molecule is CN(C)C(=O)c1ccc(C2CCN(Cc3cc4c(-c5ccc(N)c(C=O)c5)ccnc4n3C)CC2)cc1. The number of hydrogen-bond donors (Lipinski definition) is 1. The van der Waals surface area contributed by atoms with E-state index in [1.165, 1.54) is 11.3 Å². The molecule has 0 spiro atoms. The smallest absolute Gasteiger partial charge is 0.253 e. The lowest BCUT2D eigenvalue weighted by atomic mass is 9.89. The molecule has 2 aromatic carbocycles. The average molecular weight is 496 g/mol. The molecule has 2 N–H and O–H groups in total. The minimum Gasteiger partial charge on any atom is -0.398 e. The van der Waals surface area contributed by atoms with Crippen molar-refractivity contribution in [1.29, 1.82) is 0 Å². The van der Waals surface area contributed by atoms with E-state index in [1.807, 2.05) is 36.5 Å². The highest BCUT2D eigenvalue weighted by molar-refractivity contribution is 5.96. The van der Waals surface area contributed by atoms with Gasteiger partial charge in [0, 0.05) is 61.8 Å². The van der Waals surface area contributed by atoms with Crippen LogP contribution in [0.2, 0.25) is 0 Å². The van der Waals surface area contributed by atoms with Crippen LogP contribution in [0.3, 0.4) is 0 Å². The highest BCUT2D eigenvalue weighted by Gasteiger charge is 2.22. The van der Waals surface area contributed by atoms with E-state index in [0.29, 0.717) is 17.2 Å². The summed E-state index contributed by atoms with van der Waals surface area (Å²) in [4.78, 5) is 32.4. The summed E-state index contributed by atoms with van der Waals surface area (Å²) >= 11 is 0. The molecule has 1 saturated heterocycles. The van der Waals surface area contributed by atoms with Crippen LogP contribution in [0.25, 0.3) is 22.2 Å². The van der Waals surface area contributed by atoms with Gasteiger partial charge >= 0.3 is 0 Å². The second-order valence-corrected chi connectivity index (χ2v) is 10.1. The number of carbonyl (C=O) groups is 2. The minimum absolute atomic E-state index is 0.0366. The number of fused-ring (bicyclic) bond motifs is 1. The molecule has 0 radical (unpaired) electrons. The van der Waals surface area contributed by atoms with Gasteiger partial charge in [-0.05, 0) is 84.9 Å². The zero-order chi connectivity index (χ0) is 26.1. The Morgan fingerprint density at radius 2 is 1.81 bits per heavy atom. The van der Waals surface area contributed by atoms with Crippen molar-refractivity contribution in [3.63, 3.8) is 0 Å². The van der Waals surface area contributed by atoms with E-state index in [9.17, 15) is 9.59 Å². The monoisotopic (exact) mass is 495 g/mol. The Kier molecular flexibility index (Phi) is 6.80. The zero-order valence-electron chi connectivity index (χ0n) is 21.6. The van der Waals surface area contributed by atoms with E-state index in [2.05, 4.69) is 39.7 Å². The number of aldehydes is 1. The fourth-order valence-corrected chi connectivity index (χ4v) is 5.33. The second-order valence-electron chi connectivity index (χ2n) is 10.1. The van der Waals surface area contributed by atoms with Crippen molar-refractivity contribution in [2.45, 2.75) is 25.3 Å². The van der Waals surface area contributed by atoms with Crippen LogP contribution in [0.5, 0.6) is 0 Å². The predicted octanol–water partition coefficient (Wildman–Crippen LogP) is 4.72. The number of pyridine rings is 1. The number of amides is 1. The Hall–Kier alpha value is -3.97. The Labute approximate surface area is 217 Å². The van der Waals surface area contributed by atoms with Gasteiger partial charge in [0.05, 0.1) is 0 Å². The van der Waals surface area contributed by atoms with Gasteiger partial charge in [-0.1, -0.05) is 18.2 Å². The first-order valence-electron chi connectivity index (χ1n) is 12.7. The van der Waals surface area contributed by atoms with E-state index in [4.69, 9.17) is 5.73 Å². The highest BCUT2D eigenvalue weighted by atomic mass is 16.2. The maximum atomic E-state index is 12.2. The maximum Gasteiger partial charge on any atom is 0.253 e. The number of nitrogen functional groups attached to an aromatic ring is 1. The molecule has 1 fully saturated rings. The third kappa shape index (κ3) is 4.87. The van der Waals surface area contributed by atoms with Crippen molar-refractivity contribution >= 4 is 28.9 Å². The van der Waals surface area contributed by atoms with E-state index in [0.717, 1.165) is 66.5 Å². The molecule has 1 aliphatic rings. The average Bonchev–Trinajstić information content (AvgIpc) is 3.24. The van der Waals surface area contributed by atoms with E-state index >= 15 is 0 Å². The summed E-state index contributed by atoms with van der Waals surface area (Å²) in [5, 5.41) is 1.07. The van der Waals surface area contributed by atoms with Gasteiger partial charge in [0.25, 0.3) is 5.91 Å². The Morgan fingerprint density at radius 3 is 2.49 bits per heavy atom. The van der Waals surface area contributed by atoms with Crippen LogP contribution in [0.4, 0.5) is 5.69 Å². The molecule has 7 nitrogen and oxygen atoms in total. The molecule has 4 aromatic rings. The molecular weight excluding hydrogens is 462 g/mol. The van der Waals surface area contributed by atoms with Gasteiger partial charge in [0.1, 0.15) is 5.65 Å². The number of aryl methyl sites for hydroxylation is 1. The summed E-state index contributed by atoms with van der Waals surface area (Å²) in [7, 11) is 5.62. The van der Waals surface area contributed by atoms with Gasteiger partial charge in [-0.25, -0.2) is 4.98 Å². The molecule has 0 aliphatic carbocycles. The number of likely N-dealkylation sites (tertiary alicyclic amines) is 1. The van der Waals surface area contributed by atoms with Crippen molar-refractivity contribution < 1.29 is 9.59 Å². The molecule has 0 unspecified atom stereocenters. The fourth-order valence-electron chi connectivity index (χ4n) is 5.33. The summed E-state index contributed by atoms with van der Waals surface area (Å²) in [5.74, 6) is 0.549. The number of benzene rings is 2. The third-order valence-electron chi connectivity index (χ3n) is 7.56. The first-order chi connectivity index (χ1) is 17.9. The van der Waals surface area contributed by atoms with Crippen LogP contribution in [-0.4, -0.2) is 58.7 Å². The zero-order valence-corrected chi connectivity index (χ0v) is 21.6. The fraction of sp³-hybridized carbons (Fsp3) is 0.300. The van der Waals surface area contributed by atoms with Gasteiger partial charge in [-0.2, -0.15) is 0 Å². The van der Waals surface area contributed by atoms with Crippen molar-refractivity contribution in [3.05, 3.63) is 83.2 Å². The third-order valence-corrected chi connectivity index (χ3v) is 7.56. The number of rotatable bonds is 6. The minimum atomic E-state index is 0.0366. The Bertz CT molecular complexity index is 1450. The molecule has 3 heterocycles. The largest absolute Gasteiger partial charge is 0.398 e. The lowest BCUT2D eigenvalue weighted by Gasteiger charge is -2.32. The van der Waals surface area contributed by atoms with E-state index in [1.54, 1.807) is 25.1 Å². The predicted molar refractivity (Wildman–Crippen MR) is 148 cm³/mol. The lowest BCUT2D eigenvalue weighted by molar-refractivity contribution is 0.0827. The normalized spacial score (nSPS) is 14.7. The Balaban J connectivity index is 1.30. The summed E-state index contributed by atoms with van der Waals surface area (Å²) in [6.45, 7) is 2.90. The van der Waals surface area contributed by atoms with Crippen molar-refractivity contribution in [1.82, 2.24) is 19.4 Å². The number of anilines is 1. The molecule has 2 aromatic heterocycles. The summed E-state index contributed by atoms with van der Waals surface area (Å²) in [6, 6.07) is 17.9. The molecule has 0 atom stereocenters. The maximum absolute atomic E-state index is 12.2. The van der Waals surface area contributed by atoms with Crippen molar-refractivity contribution in [2.24, 2.45) is 7.05 Å². The number of hydrogen-bond acceptors (Lipinski definition) is 5. The number of nitrogens with two attached hydrogens (primary N) is 1. The second kappa shape index (κ2) is 10.2. The highest BCUT2D eigenvalue weighted by Crippen LogP contribution is 2.33. The van der Waals surface area contributed by atoms with Crippen LogP contribution in [0.1, 0.15) is 50.7 Å². The van der Waals surface area contributed by atoms with Crippen LogP contribution in [0.15, 0.2) is 60.8 Å². The molecule has 0 bridgehead atoms. The van der Waals surface area contributed by atoms with Crippen LogP contribution in [-0.2, 0) is 13.6 Å². The van der Waals surface area contributed by atoms with E-state index in [-0.39, 0.29) is 5.91 Å². The van der Waals surface area contributed by atoms with Crippen LogP contribution in [0, 0.1) is 0 Å². The molecule has 5 rings (SSSR count). The topological polar surface area (TPSA) is 84.5 Å². The summed E-state index contributed by atoms with van der Waals surface area (Å²) in [5.41, 5.74) is 13.1. The quantitative estimate of drug-likeness (QED) is 0.309. The van der Waals surface area contributed by atoms with Gasteiger partial charge in [0.2, 0.25) is 0 Å². The number of carbonyl (C=O) groups excluding carboxylic acids is 2. The molecule has 37 heavy (non-hydrogen) atoms. The number of nitrogens with zero attached hydrogens (tertiary/aromatic N) is 4. The number of piperidine rings is 1. The van der Waals surface area contributed by atoms with Gasteiger partial charge in [-0.3, -0.25) is 14.5 Å². The standard InChI is InChI=1S/C30H33N5O2/c1-33(2)30(37)22-6-4-20(5-7-22)21-11-14-35(15-12-21)18-25-17-27-26(10-13-32-29(27)34(25)3)23-8-9-28(31)24(16-23)19-36/h4-10,13,16-17,19,21H,11-12,14-15,18,31H2,1-3H3. The van der Waals surface area contributed by atoms with Crippen molar-refractivity contribution in [3.8, 4) is 11.1 Å². The number of aromatic nitrogens is 2. The van der Waals surface area contributed by atoms with Gasteiger partial charge in [-0.15, -0.1) is 0 Å². The van der Waals surface area contributed by atoms with E-state index < -0.39 is 0 Å². The summed E-state index contributed by atoms with van der Waals surface area (Å²) in [6.07, 6.45) is 4.80. The molecule has 1 aliphatic heterocycles.